The van der Waals surface area contributed by atoms with Crippen molar-refractivity contribution in [2.24, 2.45) is 5.10 Å². The van der Waals surface area contributed by atoms with Crippen molar-refractivity contribution in [3.8, 4) is 11.5 Å². The number of rotatable bonds is 4. The van der Waals surface area contributed by atoms with E-state index >= 15 is 0 Å². The Morgan fingerprint density at radius 1 is 1.56 bits per heavy atom. The van der Waals surface area contributed by atoms with Crippen LogP contribution in [0.4, 0.5) is 10.9 Å². The van der Waals surface area contributed by atoms with Gasteiger partial charge in [0, 0.05) is 17.0 Å². The normalized spacial score (nSPS) is 10.7. The molecular weight excluding hydrogens is 252 g/mol. The molecule has 0 amide bonds. The highest BCUT2D eigenvalue weighted by Crippen LogP contribution is 2.22. The molecule has 0 radical (unpaired) electrons. The third kappa shape index (κ3) is 2.89. The molecule has 0 fully saturated rings. The van der Waals surface area contributed by atoms with Crippen molar-refractivity contribution in [1.82, 2.24) is 4.98 Å². The first-order valence-corrected chi connectivity index (χ1v) is 5.94. The molecule has 0 unspecified atom stereocenters. The van der Waals surface area contributed by atoms with E-state index in [0.717, 1.165) is 5.56 Å². The SMILES string of the molecule is COc1cc(O)ccc1C=NNc1nc(N)cs1. The van der Waals surface area contributed by atoms with Crippen molar-refractivity contribution < 1.29 is 9.84 Å². The Hall–Kier alpha value is -2.28. The summed E-state index contributed by atoms with van der Waals surface area (Å²) in [5, 5.41) is 15.7. The van der Waals surface area contributed by atoms with Crippen LogP contribution in [0.15, 0.2) is 28.7 Å². The predicted molar refractivity (Wildman–Crippen MR) is 72.4 cm³/mol. The lowest BCUT2D eigenvalue weighted by Gasteiger charge is -2.04. The molecule has 6 nitrogen and oxygen atoms in total. The summed E-state index contributed by atoms with van der Waals surface area (Å²) in [5.41, 5.74) is 8.98. The lowest BCUT2D eigenvalue weighted by molar-refractivity contribution is 0.407. The van der Waals surface area contributed by atoms with E-state index in [1.54, 1.807) is 23.7 Å². The zero-order chi connectivity index (χ0) is 13.0. The third-order valence-electron chi connectivity index (χ3n) is 2.10. The van der Waals surface area contributed by atoms with Crippen LogP contribution in [0.1, 0.15) is 5.56 Å². The maximum absolute atomic E-state index is 9.31. The van der Waals surface area contributed by atoms with Gasteiger partial charge in [-0.2, -0.15) is 5.10 Å². The zero-order valence-corrected chi connectivity index (χ0v) is 10.4. The number of methoxy groups -OCH3 is 1. The number of hydrogen-bond donors (Lipinski definition) is 3. The van der Waals surface area contributed by atoms with Crippen LogP contribution in [-0.4, -0.2) is 23.4 Å². The predicted octanol–water partition coefficient (Wildman–Crippen LogP) is 1.89. The Bertz CT molecular complexity index is 568. The molecule has 0 atom stereocenters. The number of aromatic nitrogens is 1. The molecule has 0 bridgehead atoms. The van der Waals surface area contributed by atoms with Gasteiger partial charge in [0.05, 0.1) is 13.3 Å². The number of thiazole rings is 1. The van der Waals surface area contributed by atoms with Crippen LogP contribution in [0, 0.1) is 0 Å². The number of aromatic hydroxyl groups is 1. The molecule has 7 heteroatoms. The van der Waals surface area contributed by atoms with Crippen LogP contribution in [0.2, 0.25) is 0 Å². The van der Waals surface area contributed by atoms with Crippen LogP contribution < -0.4 is 15.9 Å². The summed E-state index contributed by atoms with van der Waals surface area (Å²) in [4.78, 5) is 4.00. The first kappa shape index (κ1) is 12.2. The van der Waals surface area contributed by atoms with E-state index in [2.05, 4.69) is 15.5 Å². The van der Waals surface area contributed by atoms with Gasteiger partial charge in [0.2, 0.25) is 5.13 Å². The second-order valence-corrected chi connectivity index (χ2v) is 4.23. The number of nitrogens with two attached hydrogens (primary N) is 1. The summed E-state index contributed by atoms with van der Waals surface area (Å²) < 4.78 is 5.12. The third-order valence-corrected chi connectivity index (χ3v) is 2.87. The maximum atomic E-state index is 9.31. The van der Waals surface area contributed by atoms with Crippen molar-refractivity contribution in [2.75, 3.05) is 18.3 Å². The van der Waals surface area contributed by atoms with Crippen molar-refractivity contribution >= 4 is 28.5 Å². The zero-order valence-electron chi connectivity index (χ0n) is 9.62. The number of hydrazone groups is 1. The average Bonchev–Trinajstić information content (AvgIpc) is 2.77. The fourth-order valence-electron chi connectivity index (χ4n) is 1.30. The Labute approximate surface area is 108 Å². The molecule has 0 saturated heterocycles. The molecule has 2 rings (SSSR count). The maximum Gasteiger partial charge on any atom is 0.205 e. The molecule has 0 aliphatic rings. The van der Waals surface area contributed by atoms with Gasteiger partial charge in [-0.1, -0.05) is 0 Å². The number of phenols is 1. The Balaban J connectivity index is 2.09. The minimum atomic E-state index is 0.143. The highest BCUT2D eigenvalue weighted by atomic mass is 32.1. The van der Waals surface area contributed by atoms with E-state index in [9.17, 15) is 5.11 Å². The average molecular weight is 264 g/mol. The summed E-state index contributed by atoms with van der Waals surface area (Å²) in [6, 6.07) is 4.78. The lowest BCUT2D eigenvalue weighted by Crippen LogP contribution is -1.94. The molecule has 0 saturated carbocycles. The smallest absolute Gasteiger partial charge is 0.205 e. The van der Waals surface area contributed by atoms with E-state index in [-0.39, 0.29) is 5.75 Å². The molecule has 1 aromatic carbocycles. The Kier molecular flexibility index (Phi) is 3.63. The van der Waals surface area contributed by atoms with E-state index in [1.165, 1.54) is 24.5 Å². The topological polar surface area (TPSA) is 92.8 Å². The van der Waals surface area contributed by atoms with Crippen LogP contribution in [-0.2, 0) is 0 Å². The van der Waals surface area contributed by atoms with Gasteiger partial charge in [0.25, 0.3) is 0 Å². The fourth-order valence-corrected chi connectivity index (χ4v) is 1.85. The lowest BCUT2D eigenvalue weighted by atomic mass is 10.2. The van der Waals surface area contributed by atoms with Gasteiger partial charge in [-0.25, -0.2) is 4.98 Å². The molecule has 1 aromatic heterocycles. The summed E-state index contributed by atoms with van der Waals surface area (Å²) >= 11 is 1.36. The monoisotopic (exact) mass is 264 g/mol. The standard InChI is InChI=1S/C11H12N4O2S/c1-17-9-4-8(16)3-2-7(9)5-13-15-11-14-10(12)6-18-11/h2-6,16H,12H2,1H3,(H,14,15). The number of ether oxygens (including phenoxy) is 1. The molecule has 0 aliphatic heterocycles. The van der Waals surface area contributed by atoms with Gasteiger partial charge in [-0.15, -0.1) is 11.3 Å². The molecule has 2 aromatic rings. The minimum absolute atomic E-state index is 0.143. The molecule has 4 N–H and O–H groups in total. The Morgan fingerprint density at radius 2 is 2.39 bits per heavy atom. The largest absolute Gasteiger partial charge is 0.508 e. The van der Waals surface area contributed by atoms with Crippen molar-refractivity contribution in [3.63, 3.8) is 0 Å². The highest BCUT2D eigenvalue weighted by Gasteiger charge is 2.01. The summed E-state index contributed by atoms with van der Waals surface area (Å²) in [6.45, 7) is 0. The van der Waals surface area contributed by atoms with Gasteiger partial charge in [0.1, 0.15) is 17.3 Å². The minimum Gasteiger partial charge on any atom is -0.508 e. The summed E-state index contributed by atoms with van der Waals surface area (Å²) in [6.07, 6.45) is 1.58. The van der Waals surface area contributed by atoms with Gasteiger partial charge in [0.15, 0.2) is 0 Å². The molecule has 94 valence electrons. The van der Waals surface area contributed by atoms with E-state index in [1.807, 2.05) is 0 Å². The van der Waals surface area contributed by atoms with Gasteiger partial charge >= 0.3 is 0 Å². The highest BCUT2D eigenvalue weighted by molar-refractivity contribution is 7.14. The van der Waals surface area contributed by atoms with Crippen molar-refractivity contribution in [1.29, 1.82) is 0 Å². The van der Waals surface area contributed by atoms with E-state index in [0.29, 0.717) is 16.7 Å². The first-order chi connectivity index (χ1) is 8.69. The number of nitrogens with one attached hydrogen (secondary N) is 1. The number of anilines is 2. The quantitative estimate of drug-likeness (QED) is 0.579. The van der Waals surface area contributed by atoms with Crippen LogP contribution in [0.5, 0.6) is 11.5 Å². The number of phenolic OH excluding ortho intramolecular Hbond substituents is 1. The van der Waals surface area contributed by atoms with Gasteiger partial charge in [-0.3, -0.25) is 5.43 Å². The summed E-state index contributed by atoms with van der Waals surface area (Å²) in [5.74, 6) is 1.14. The fraction of sp³-hybridized carbons (Fsp3) is 0.0909. The second-order valence-electron chi connectivity index (χ2n) is 3.37. The molecule has 0 aliphatic carbocycles. The summed E-state index contributed by atoms with van der Waals surface area (Å²) in [7, 11) is 1.53. The molecule has 18 heavy (non-hydrogen) atoms. The first-order valence-electron chi connectivity index (χ1n) is 5.06. The Morgan fingerprint density at radius 3 is 3.06 bits per heavy atom. The van der Waals surface area contributed by atoms with E-state index < -0.39 is 0 Å². The van der Waals surface area contributed by atoms with E-state index in [4.69, 9.17) is 10.5 Å². The van der Waals surface area contributed by atoms with Crippen LogP contribution in [0.25, 0.3) is 0 Å². The van der Waals surface area contributed by atoms with Crippen LogP contribution in [0.3, 0.4) is 0 Å². The molecule has 0 spiro atoms. The number of nitrogens with zero attached hydrogens (tertiary/aromatic N) is 2. The molecular formula is C11H12N4O2S. The number of benzene rings is 1. The van der Waals surface area contributed by atoms with Crippen molar-refractivity contribution in [3.05, 3.63) is 29.1 Å². The number of hydrogen-bond acceptors (Lipinski definition) is 7. The molecule has 1 heterocycles. The van der Waals surface area contributed by atoms with Gasteiger partial charge < -0.3 is 15.6 Å². The van der Waals surface area contributed by atoms with Crippen LogP contribution >= 0.6 is 11.3 Å². The van der Waals surface area contributed by atoms with Gasteiger partial charge in [-0.05, 0) is 12.1 Å². The van der Waals surface area contributed by atoms with Crippen molar-refractivity contribution in [2.45, 2.75) is 0 Å². The number of nitrogen functional groups attached to an aromatic ring is 1. The second kappa shape index (κ2) is 5.37.